The summed E-state index contributed by atoms with van der Waals surface area (Å²) in [5.74, 6) is 1.25. The Morgan fingerprint density at radius 1 is 1.00 bits per heavy atom. The highest BCUT2D eigenvalue weighted by Gasteiger charge is 2.16. The fourth-order valence-electron chi connectivity index (χ4n) is 2.79. The van der Waals surface area contributed by atoms with Crippen molar-refractivity contribution in [2.24, 2.45) is 5.73 Å². The van der Waals surface area contributed by atoms with Crippen LogP contribution in [0.4, 0.5) is 0 Å². The summed E-state index contributed by atoms with van der Waals surface area (Å²) in [4.78, 5) is 0. The lowest BCUT2D eigenvalue weighted by molar-refractivity contribution is 0.334. The van der Waals surface area contributed by atoms with Gasteiger partial charge in [-0.3, -0.25) is 0 Å². The van der Waals surface area contributed by atoms with Gasteiger partial charge in [-0.15, -0.1) is 0 Å². The van der Waals surface area contributed by atoms with E-state index >= 15 is 0 Å². The highest BCUT2D eigenvalue weighted by Crippen LogP contribution is 2.30. The van der Waals surface area contributed by atoms with Crippen LogP contribution in [0.1, 0.15) is 42.0 Å². The maximum atomic E-state index is 6.07. The third-order valence-electron chi connectivity index (χ3n) is 4.10. The second-order valence-corrected chi connectivity index (χ2v) is 5.78. The van der Waals surface area contributed by atoms with E-state index in [9.17, 15) is 0 Å². The van der Waals surface area contributed by atoms with Crippen LogP contribution in [0.5, 0.6) is 5.75 Å². The first-order chi connectivity index (χ1) is 10.7. The molecule has 0 bridgehead atoms. The van der Waals surface area contributed by atoms with Gasteiger partial charge in [-0.05, 0) is 56.0 Å². The van der Waals surface area contributed by atoms with Crippen LogP contribution in [-0.4, -0.2) is 13.2 Å². The smallest absolute Gasteiger partial charge is 0.122 e. The van der Waals surface area contributed by atoms with Gasteiger partial charge in [0, 0.05) is 5.92 Å². The molecule has 0 saturated heterocycles. The molecule has 1 unspecified atom stereocenters. The highest BCUT2D eigenvalue weighted by atomic mass is 16.5. The summed E-state index contributed by atoms with van der Waals surface area (Å²) in [6.45, 7) is 7.61. The first kappa shape index (κ1) is 16.6. The summed E-state index contributed by atoms with van der Waals surface area (Å²) < 4.78 is 5.79. The van der Waals surface area contributed by atoms with Crippen LogP contribution in [0.2, 0.25) is 0 Å². The normalized spacial score (nSPS) is 12.2. The number of hydrogen-bond acceptors (Lipinski definition) is 2. The van der Waals surface area contributed by atoms with Crippen molar-refractivity contribution in [3.05, 3.63) is 64.7 Å². The molecule has 0 amide bonds. The molecule has 1 atom stereocenters. The molecule has 0 aromatic heterocycles. The van der Waals surface area contributed by atoms with Gasteiger partial charge >= 0.3 is 0 Å². The molecule has 0 aliphatic heterocycles. The molecule has 0 spiro atoms. The third-order valence-corrected chi connectivity index (χ3v) is 4.10. The molecule has 2 aromatic rings. The van der Waals surface area contributed by atoms with Crippen LogP contribution >= 0.6 is 0 Å². The van der Waals surface area contributed by atoms with Gasteiger partial charge in [-0.2, -0.15) is 0 Å². The summed E-state index contributed by atoms with van der Waals surface area (Å²) in [6.07, 6.45) is 2.02. The number of rotatable bonds is 7. The second kappa shape index (κ2) is 8.00. The Labute approximate surface area is 134 Å². The topological polar surface area (TPSA) is 35.2 Å². The maximum Gasteiger partial charge on any atom is 0.122 e. The summed E-state index contributed by atoms with van der Waals surface area (Å²) in [5.41, 5.74) is 11.2. The molecule has 0 fully saturated rings. The molecule has 0 radical (unpaired) electrons. The van der Waals surface area contributed by atoms with Crippen LogP contribution in [-0.2, 0) is 12.8 Å². The van der Waals surface area contributed by atoms with E-state index in [1.165, 1.54) is 22.3 Å². The summed E-state index contributed by atoms with van der Waals surface area (Å²) in [7, 11) is 0. The molecule has 2 aromatic carbocycles. The van der Waals surface area contributed by atoms with E-state index in [4.69, 9.17) is 10.5 Å². The molecule has 0 saturated carbocycles. The van der Waals surface area contributed by atoms with Crippen LogP contribution in [0.3, 0.4) is 0 Å². The Hall–Kier alpha value is -1.80. The average molecular weight is 297 g/mol. The minimum atomic E-state index is 0.286. The molecule has 2 heteroatoms. The van der Waals surface area contributed by atoms with Gasteiger partial charge < -0.3 is 10.5 Å². The average Bonchev–Trinajstić information content (AvgIpc) is 2.55. The van der Waals surface area contributed by atoms with Crippen molar-refractivity contribution < 1.29 is 4.74 Å². The van der Waals surface area contributed by atoms with Gasteiger partial charge in [0.25, 0.3) is 0 Å². The maximum absolute atomic E-state index is 6.07. The van der Waals surface area contributed by atoms with Crippen LogP contribution in [0, 0.1) is 6.92 Å². The van der Waals surface area contributed by atoms with E-state index in [0.717, 1.165) is 18.6 Å². The lowest BCUT2D eigenvalue weighted by Gasteiger charge is -2.20. The van der Waals surface area contributed by atoms with Crippen LogP contribution < -0.4 is 10.5 Å². The van der Waals surface area contributed by atoms with Gasteiger partial charge in [-0.25, -0.2) is 0 Å². The lowest BCUT2D eigenvalue weighted by atomic mass is 9.90. The molecule has 2 nitrogen and oxygen atoms in total. The lowest BCUT2D eigenvalue weighted by Crippen LogP contribution is -2.16. The molecule has 2 rings (SSSR count). The Kier molecular flexibility index (Phi) is 6.02. The fourth-order valence-corrected chi connectivity index (χ4v) is 2.79. The van der Waals surface area contributed by atoms with Crippen molar-refractivity contribution in [1.29, 1.82) is 0 Å². The molecular weight excluding hydrogens is 270 g/mol. The molecule has 118 valence electrons. The van der Waals surface area contributed by atoms with E-state index in [1.807, 2.05) is 6.92 Å². The van der Waals surface area contributed by atoms with Gasteiger partial charge in [0.05, 0.1) is 6.61 Å². The number of hydrogen-bond donors (Lipinski definition) is 1. The summed E-state index contributed by atoms with van der Waals surface area (Å²) in [6, 6.07) is 15.2. The highest BCUT2D eigenvalue weighted by molar-refractivity contribution is 5.40. The summed E-state index contributed by atoms with van der Waals surface area (Å²) >= 11 is 0. The van der Waals surface area contributed by atoms with Gasteiger partial charge in [0.15, 0.2) is 0 Å². The Balaban J connectivity index is 2.25. The van der Waals surface area contributed by atoms with Crippen molar-refractivity contribution in [2.75, 3.05) is 13.2 Å². The standard InChI is InChI=1S/C20H27NO/c1-4-16-7-9-17(10-8-16)13-18(14-21)19-12-15(3)6-11-20(19)22-5-2/h6-12,18H,4-5,13-14,21H2,1-3H3. The quantitative estimate of drug-likeness (QED) is 0.829. The largest absolute Gasteiger partial charge is 0.494 e. The van der Waals surface area contributed by atoms with Crippen molar-refractivity contribution in [1.82, 2.24) is 0 Å². The monoisotopic (exact) mass is 297 g/mol. The van der Waals surface area contributed by atoms with Crippen molar-refractivity contribution >= 4 is 0 Å². The third kappa shape index (κ3) is 4.11. The van der Waals surface area contributed by atoms with Crippen LogP contribution in [0.15, 0.2) is 42.5 Å². The predicted molar refractivity (Wildman–Crippen MR) is 93.7 cm³/mol. The van der Waals surface area contributed by atoms with Gasteiger partial charge in [0.1, 0.15) is 5.75 Å². The van der Waals surface area contributed by atoms with E-state index in [0.29, 0.717) is 13.2 Å². The van der Waals surface area contributed by atoms with E-state index < -0.39 is 0 Å². The zero-order chi connectivity index (χ0) is 15.9. The molecule has 22 heavy (non-hydrogen) atoms. The summed E-state index contributed by atoms with van der Waals surface area (Å²) in [5, 5.41) is 0. The van der Waals surface area contributed by atoms with Gasteiger partial charge in [0.2, 0.25) is 0 Å². The molecule has 0 heterocycles. The fraction of sp³-hybridized carbons (Fsp3) is 0.400. The van der Waals surface area contributed by atoms with E-state index in [2.05, 4.69) is 56.3 Å². The Morgan fingerprint density at radius 2 is 1.68 bits per heavy atom. The SMILES string of the molecule is CCOc1ccc(C)cc1C(CN)Cc1ccc(CC)cc1. The minimum Gasteiger partial charge on any atom is -0.494 e. The zero-order valence-electron chi connectivity index (χ0n) is 13.9. The molecular formula is C20H27NO. The van der Waals surface area contributed by atoms with Crippen molar-refractivity contribution in [3.63, 3.8) is 0 Å². The second-order valence-electron chi connectivity index (χ2n) is 5.78. The Bertz CT molecular complexity index is 589. The van der Waals surface area contributed by atoms with Crippen molar-refractivity contribution in [2.45, 2.75) is 39.5 Å². The molecule has 0 aliphatic carbocycles. The number of ether oxygens (including phenoxy) is 1. The Morgan fingerprint density at radius 3 is 2.27 bits per heavy atom. The van der Waals surface area contributed by atoms with E-state index in [-0.39, 0.29) is 5.92 Å². The van der Waals surface area contributed by atoms with E-state index in [1.54, 1.807) is 0 Å². The van der Waals surface area contributed by atoms with Crippen LogP contribution in [0.25, 0.3) is 0 Å². The van der Waals surface area contributed by atoms with Crippen molar-refractivity contribution in [3.8, 4) is 5.75 Å². The first-order valence-electron chi connectivity index (χ1n) is 8.19. The van der Waals surface area contributed by atoms with Gasteiger partial charge in [-0.1, -0.05) is 48.9 Å². The molecule has 0 aliphatic rings. The number of aryl methyl sites for hydroxylation is 2. The number of benzene rings is 2. The zero-order valence-corrected chi connectivity index (χ0v) is 13.9. The molecule has 2 N–H and O–H groups in total. The minimum absolute atomic E-state index is 0.286. The number of nitrogens with two attached hydrogens (primary N) is 1. The first-order valence-corrected chi connectivity index (χ1v) is 8.19. The predicted octanol–water partition coefficient (Wildman–Crippen LogP) is 4.24.